The Morgan fingerprint density at radius 1 is 0.944 bits per heavy atom. The van der Waals surface area contributed by atoms with Crippen LogP contribution in [0.5, 0.6) is 0 Å². The van der Waals surface area contributed by atoms with Gasteiger partial charge in [-0.2, -0.15) is 0 Å². The summed E-state index contributed by atoms with van der Waals surface area (Å²) >= 11 is 0. The van der Waals surface area contributed by atoms with Crippen molar-refractivity contribution in [3.05, 3.63) is 70.8 Å². The third-order valence-electron chi connectivity index (χ3n) is 2.98. The highest BCUT2D eigenvalue weighted by molar-refractivity contribution is 5.31. The zero-order valence-electron chi connectivity index (χ0n) is 10.6. The summed E-state index contributed by atoms with van der Waals surface area (Å²) in [6.45, 7) is 3.93. The minimum atomic E-state index is -0.258. The Morgan fingerprint density at radius 3 is 2.28 bits per heavy atom. The summed E-state index contributed by atoms with van der Waals surface area (Å²) in [5.41, 5.74) is 2.44. The first-order valence-electron chi connectivity index (χ1n) is 6.09. The Balaban J connectivity index is 2.23. The molecule has 0 nitrogen and oxygen atoms in total. The number of halogens is 2. The molecule has 0 unspecified atom stereocenters. The van der Waals surface area contributed by atoms with Crippen LogP contribution in [0.3, 0.4) is 0 Å². The van der Waals surface area contributed by atoms with Crippen molar-refractivity contribution >= 4 is 0 Å². The first-order valence-corrected chi connectivity index (χ1v) is 6.09. The van der Waals surface area contributed by atoms with Gasteiger partial charge >= 0.3 is 0 Å². The lowest BCUT2D eigenvalue weighted by atomic mass is 9.98. The van der Waals surface area contributed by atoms with Gasteiger partial charge in [-0.1, -0.05) is 38.1 Å². The molecule has 2 heteroatoms. The molecule has 2 aromatic rings. The first kappa shape index (κ1) is 12.7. The van der Waals surface area contributed by atoms with Crippen molar-refractivity contribution in [1.82, 2.24) is 0 Å². The lowest BCUT2D eigenvalue weighted by Gasteiger charge is -2.09. The zero-order chi connectivity index (χ0) is 13.1. The van der Waals surface area contributed by atoms with E-state index in [1.165, 1.54) is 12.1 Å². The highest BCUT2D eigenvalue weighted by atomic mass is 19.1. The second kappa shape index (κ2) is 5.30. The number of benzene rings is 2. The Kier molecular flexibility index (Phi) is 3.75. The second-order valence-electron chi connectivity index (χ2n) is 4.82. The standard InChI is InChI=1S/C16H16F2/c1-11(2)15-7-6-13(10-16(15)18)8-12-4-3-5-14(17)9-12/h3-7,9-11H,8H2,1-2H3. The van der Waals surface area contributed by atoms with Gasteiger partial charge in [-0.3, -0.25) is 0 Å². The van der Waals surface area contributed by atoms with Gasteiger partial charge in [0, 0.05) is 0 Å². The van der Waals surface area contributed by atoms with Gasteiger partial charge in [-0.05, 0) is 47.2 Å². The van der Waals surface area contributed by atoms with Crippen molar-refractivity contribution in [2.45, 2.75) is 26.2 Å². The fourth-order valence-electron chi connectivity index (χ4n) is 2.03. The minimum Gasteiger partial charge on any atom is -0.207 e. The SMILES string of the molecule is CC(C)c1ccc(Cc2cccc(F)c2)cc1F. The van der Waals surface area contributed by atoms with E-state index in [0.717, 1.165) is 16.7 Å². The van der Waals surface area contributed by atoms with Gasteiger partial charge in [0.25, 0.3) is 0 Å². The number of hydrogen-bond donors (Lipinski definition) is 0. The maximum atomic E-state index is 13.8. The van der Waals surface area contributed by atoms with Crippen LogP contribution < -0.4 is 0 Å². The summed E-state index contributed by atoms with van der Waals surface area (Å²) in [5.74, 6) is -0.265. The molecular formula is C16H16F2. The maximum absolute atomic E-state index is 13.8. The van der Waals surface area contributed by atoms with Crippen LogP contribution in [0.1, 0.15) is 36.5 Å². The molecule has 0 aliphatic carbocycles. The van der Waals surface area contributed by atoms with E-state index in [1.807, 2.05) is 32.0 Å². The van der Waals surface area contributed by atoms with E-state index in [-0.39, 0.29) is 17.6 Å². The third-order valence-corrected chi connectivity index (χ3v) is 2.98. The normalized spacial score (nSPS) is 10.9. The Labute approximate surface area is 106 Å². The molecule has 0 heterocycles. The van der Waals surface area contributed by atoms with Crippen molar-refractivity contribution in [2.75, 3.05) is 0 Å². The van der Waals surface area contributed by atoms with Crippen molar-refractivity contribution in [3.63, 3.8) is 0 Å². The van der Waals surface area contributed by atoms with Gasteiger partial charge in [0.2, 0.25) is 0 Å². The van der Waals surface area contributed by atoms with Gasteiger partial charge in [0.15, 0.2) is 0 Å². The van der Waals surface area contributed by atoms with Gasteiger partial charge in [-0.15, -0.1) is 0 Å². The summed E-state index contributed by atoms with van der Waals surface area (Å²) < 4.78 is 26.9. The molecule has 0 amide bonds. The smallest absolute Gasteiger partial charge is 0.126 e. The van der Waals surface area contributed by atoms with E-state index in [4.69, 9.17) is 0 Å². The minimum absolute atomic E-state index is 0.174. The maximum Gasteiger partial charge on any atom is 0.126 e. The molecule has 0 spiro atoms. The number of hydrogen-bond acceptors (Lipinski definition) is 0. The molecule has 0 radical (unpaired) electrons. The molecule has 0 aromatic heterocycles. The van der Waals surface area contributed by atoms with Gasteiger partial charge in [-0.25, -0.2) is 8.78 Å². The molecule has 0 saturated carbocycles. The predicted octanol–water partition coefficient (Wildman–Crippen LogP) is 4.68. The first-order chi connectivity index (χ1) is 8.56. The molecule has 18 heavy (non-hydrogen) atoms. The molecule has 0 bridgehead atoms. The highest BCUT2D eigenvalue weighted by Crippen LogP contribution is 2.21. The van der Waals surface area contributed by atoms with Gasteiger partial charge in [0.1, 0.15) is 11.6 Å². The summed E-state index contributed by atoms with van der Waals surface area (Å²) in [4.78, 5) is 0. The average molecular weight is 246 g/mol. The summed E-state index contributed by atoms with van der Waals surface area (Å²) in [6, 6.07) is 11.7. The largest absolute Gasteiger partial charge is 0.207 e. The molecule has 0 aliphatic heterocycles. The van der Waals surface area contributed by atoms with E-state index < -0.39 is 0 Å². The summed E-state index contributed by atoms with van der Waals surface area (Å²) in [6.07, 6.45) is 0.549. The Hall–Kier alpha value is -1.70. The quantitative estimate of drug-likeness (QED) is 0.737. The molecule has 2 rings (SSSR count). The molecule has 94 valence electrons. The van der Waals surface area contributed by atoms with Crippen molar-refractivity contribution in [3.8, 4) is 0 Å². The molecule has 0 fully saturated rings. The van der Waals surface area contributed by atoms with E-state index in [2.05, 4.69) is 0 Å². The van der Waals surface area contributed by atoms with Crippen molar-refractivity contribution < 1.29 is 8.78 Å². The predicted molar refractivity (Wildman–Crippen MR) is 69.7 cm³/mol. The summed E-state index contributed by atoms with van der Waals surface area (Å²) in [5, 5.41) is 0. The van der Waals surface area contributed by atoms with Crippen LogP contribution in [0.2, 0.25) is 0 Å². The van der Waals surface area contributed by atoms with Gasteiger partial charge < -0.3 is 0 Å². The van der Waals surface area contributed by atoms with Gasteiger partial charge in [0.05, 0.1) is 0 Å². The molecule has 0 atom stereocenters. The van der Waals surface area contributed by atoms with E-state index in [9.17, 15) is 8.78 Å². The second-order valence-corrected chi connectivity index (χ2v) is 4.82. The highest BCUT2D eigenvalue weighted by Gasteiger charge is 2.07. The van der Waals surface area contributed by atoms with E-state index >= 15 is 0 Å². The van der Waals surface area contributed by atoms with Crippen LogP contribution in [0.25, 0.3) is 0 Å². The molecule has 0 aliphatic rings. The molecular weight excluding hydrogens is 230 g/mol. The van der Waals surface area contributed by atoms with Crippen molar-refractivity contribution in [1.29, 1.82) is 0 Å². The van der Waals surface area contributed by atoms with Crippen LogP contribution in [0.15, 0.2) is 42.5 Å². The Morgan fingerprint density at radius 2 is 1.67 bits per heavy atom. The fourth-order valence-corrected chi connectivity index (χ4v) is 2.03. The zero-order valence-corrected chi connectivity index (χ0v) is 10.6. The monoisotopic (exact) mass is 246 g/mol. The summed E-state index contributed by atoms with van der Waals surface area (Å²) in [7, 11) is 0. The lowest BCUT2D eigenvalue weighted by molar-refractivity contribution is 0.596. The van der Waals surface area contributed by atoms with Crippen LogP contribution in [-0.2, 0) is 6.42 Å². The average Bonchev–Trinajstić information content (AvgIpc) is 2.28. The van der Waals surface area contributed by atoms with Crippen LogP contribution >= 0.6 is 0 Å². The lowest BCUT2D eigenvalue weighted by Crippen LogP contribution is -1.96. The topological polar surface area (TPSA) is 0 Å². The van der Waals surface area contributed by atoms with Crippen molar-refractivity contribution in [2.24, 2.45) is 0 Å². The van der Waals surface area contributed by atoms with E-state index in [1.54, 1.807) is 12.1 Å². The van der Waals surface area contributed by atoms with Crippen LogP contribution in [0, 0.1) is 11.6 Å². The third kappa shape index (κ3) is 2.95. The van der Waals surface area contributed by atoms with E-state index in [0.29, 0.717) is 6.42 Å². The molecule has 0 N–H and O–H groups in total. The van der Waals surface area contributed by atoms with Crippen LogP contribution in [-0.4, -0.2) is 0 Å². The van der Waals surface area contributed by atoms with Crippen LogP contribution in [0.4, 0.5) is 8.78 Å². The fraction of sp³-hybridized carbons (Fsp3) is 0.250. The molecule has 2 aromatic carbocycles. The number of rotatable bonds is 3. The molecule has 0 saturated heterocycles. The Bertz CT molecular complexity index is 545.